The van der Waals surface area contributed by atoms with Crippen LogP contribution in [0, 0.1) is 0 Å². The predicted octanol–water partition coefficient (Wildman–Crippen LogP) is 3.50. The number of rotatable bonds is 4. The van der Waals surface area contributed by atoms with E-state index in [1.807, 2.05) is 48.5 Å². The molecule has 20 heavy (non-hydrogen) atoms. The number of anilines is 1. The third kappa shape index (κ3) is 2.40. The van der Waals surface area contributed by atoms with Crippen LogP contribution in [0.1, 0.15) is 12.5 Å². The molecule has 4 heteroatoms. The molecule has 0 bridgehead atoms. The number of nitrogens with zero attached hydrogens (tertiary/aromatic N) is 3. The van der Waals surface area contributed by atoms with E-state index in [0.29, 0.717) is 0 Å². The summed E-state index contributed by atoms with van der Waals surface area (Å²) >= 11 is 0. The van der Waals surface area contributed by atoms with Crippen molar-refractivity contribution >= 4 is 23.2 Å². The molecule has 0 radical (unpaired) electrons. The number of hydrogen-bond donors (Lipinski definition) is 1. The Morgan fingerprint density at radius 3 is 2.65 bits per heavy atom. The Morgan fingerprint density at radius 2 is 1.85 bits per heavy atom. The maximum Gasteiger partial charge on any atom is 0.224 e. The molecule has 1 aromatic heterocycles. The average molecular weight is 264 g/mol. The molecule has 100 valence electrons. The molecule has 0 saturated carbocycles. The number of para-hydroxylation sites is 2. The van der Waals surface area contributed by atoms with Crippen molar-refractivity contribution in [2.75, 3.05) is 5.43 Å². The summed E-state index contributed by atoms with van der Waals surface area (Å²) in [5.41, 5.74) is 6.17. The minimum atomic E-state index is 0.765. The van der Waals surface area contributed by atoms with Gasteiger partial charge >= 0.3 is 0 Å². The molecule has 3 aromatic rings. The monoisotopic (exact) mass is 264 g/mol. The molecule has 0 aliphatic carbocycles. The topological polar surface area (TPSA) is 42.2 Å². The van der Waals surface area contributed by atoms with Crippen molar-refractivity contribution in [1.82, 2.24) is 9.55 Å². The normalized spacial score (nSPS) is 11.2. The molecule has 1 heterocycles. The molecule has 4 nitrogen and oxygen atoms in total. The fourth-order valence-corrected chi connectivity index (χ4v) is 2.18. The lowest BCUT2D eigenvalue weighted by Crippen LogP contribution is -2.01. The highest BCUT2D eigenvalue weighted by Gasteiger charge is 2.07. The lowest BCUT2D eigenvalue weighted by atomic mass is 10.2. The summed E-state index contributed by atoms with van der Waals surface area (Å²) in [6.07, 6.45) is 1.79. The van der Waals surface area contributed by atoms with Crippen LogP contribution in [-0.2, 0) is 6.54 Å². The summed E-state index contributed by atoms with van der Waals surface area (Å²) in [6.45, 7) is 2.95. The smallest absolute Gasteiger partial charge is 0.224 e. The number of nitrogens with one attached hydrogen (secondary N) is 1. The third-order valence-corrected chi connectivity index (χ3v) is 3.15. The van der Waals surface area contributed by atoms with E-state index in [1.54, 1.807) is 6.21 Å². The van der Waals surface area contributed by atoms with Gasteiger partial charge < -0.3 is 4.57 Å². The first-order valence-corrected chi connectivity index (χ1v) is 6.68. The SMILES string of the molecule is CCn1c(NN=Cc2ccccc2)nc2ccccc21. The predicted molar refractivity (Wildman–Crippen MR) is 83.1 cm³/mol. The van der Waals surface area contributed by atoms with Crippen LogP contribution < -0.4 is 5.43 Å². The fraction of sp³-hybridized carbons (Fsp3) is 0.125. The minimum Gasteiger partial charge on any atom is -0.309 e. The number of hydrazone groups is 1. The van der Waals surface area contributed by atoms with E-state index >= 15 is 0 Å². The van der Waals surface area contributed by atoms with E-state index in [9.17, 15) is 0 Å². The Balaban J connectivity index is 1.86. The molecule has 1 N–H and O–H groups in total. The lowest BCUT2D eigenvalue weighted by Gasteiger charge is -2.04. The van der Waals surface area contributed by atoms with Gasteiger partial charge in [-0.25, -0.2) is 10.4 Å². The summed E-state index contributed by atoms with van der Waals surface area (Å²) in [6, 6.07) is 18.1. The third-order valence-electron chi connectivity index (χ3n) is 3.15. The zero-order chi connectivity index (χ0) is 13.8. The number of hydrogen-bond acceptors (Lipinski definition) is 3. The standard InChI is InChI=1S/C16H16N4/c1-2-20-15-11-7-6-10-14(15)18-16(20)19-17-12-13-8-4-3-5-9-13/h3-12H,2H2,1H3,(H,18,19). The Kier molecular flexibility index (Phi) is 3.46. The van der Waals surface area contributed by atoms with Gasteiger partial charge in [0, 0.05) is 6.54 Å². The zero-order valence-electron chi connectivity index (χ0n) is 11.3. The molecular formula is C16H16N4. The van der Waals surface area contributed by atoms with Crippen molar-refractivity contribution in [3.8, 4) is 0 Å². The molecule has 0 aliphatic rings. The maximum absolute atomic E-state index is 4.55. The molecule has 0 atom stereocenters. The van der Waals surface area contributed by atoms with Crippen LogP contribution in [0.3, 0.4) is 0 Å². The molecule has 0 amide bonds. The first kappa shape index (κ1) is 12.4. The van der Waals surface area contributed by atoms with Gasteiger partial charge in [0.15, 0.2) is 0 Å². The summed E-state index contributed by atoms with van der Waals surface area (Å²) in [4.78, 5) is 4.55. The van der Waals surface area contributed by atoms with Gasteiger partial charge in [-0.05, 0) is 24.6 Å². The van der Waals surface area contributed by atoms with Gasteiger partial charge in [-0.15, -0.1) is 0 Å². The first-order chi connectivity index (χ1) is 9.88. The van der Waals surface area contributed by atoms with Crippen molar-refractivity contribution in [2.45, 2.75) is 13.5 Å². The highest BCUT2D eigenvalue weighted by molar-refractivity contribution is 5.81. The molecule has 0 saturated heterocycles. The maximum atomic E-state index is 4.55. The quantitative estimate of drug-likeness (QED) is 0.579. The van der Waals surface area contributed by atoms with Crippen LogP contribution in [0.2, 0.25) is 0 Å². The van der Waals surface area contributed by atoms with Crippen molar-refractivity contribution in [3.05, 3.63) is 60.2 Å². The van der Waals surface area contributed by atoms with Gasteiger partial charge in [-0.2, -0.15) is 5.10 Å². The minimum absolute atomic E-state index is 0.765. The molecule has 3 rings (SSSR count). The molecule has 2 aromatic carbocycles. The summed E-state index contributed by atoms with van der Waals surface area (Å²) in [7, 11) is 0. The second-order valence-electron chi connectivity index (χ2n) is 4.45. The molecule has 0 fully saturated rings. The summed E-state index contributed by atoms with van der Waals surface area (Å²) < 4.78 is 2.11. The van der Waals surface area contributed by atoms with Crippen molar-refractivity contribution in [2.24, 2.45) is 5.10 Å². The number of aryl methyl sites for hydroxylation is 1. The van der Waals surface area contributed by atoms with E-state index in [-0.39, 0.29) is 0 Å². The molecule has 0 spiro atoms. The average Bonchev–Trinajstić information content (AvgIpc) is 2.86. The van der Waals surface area contributed by atoms with Crippen LogP contribution >= 0.6 is 0 Å². The Hall–Kier alpha value is -2.62. The molecule has 0 aliphatic heterocycles. The van der Waals surface area contributed by atoms with Crippen LogP contribution in [0.4, 0.5) is 5.95 Å². The zero-order valence-corrected chi connectivity index (χ0v) is 11.3. The van der Waals surface area contributed by atoms with Gasteiger partial charge in [0.25, 0.3) is 0 Å². The van der Waals surface area contributed by atoms with E-state index in [2.05, 4.69) is 33.1 Å². The first-order valence-electron chi connectivity index (χ1n) is 6.68. The molecule has 0 unspecified atom stereocenters. The fourth-order valence-electron chi connectivity index (χ4n) is 2.18. The van der Waals surface area contributed by atoms with Crippen molar-refractivity contribution in [1.29, 1.82) is 0 Å². The Labute approximate surface area is 117 Å². The Bertz CT molecular complexity index is 729. The van der Waals surface area contributed by atoms with Crippen molar-refractivity contribution in [3.63, 3.8) is 0 Å². The summed E-state index contributed by atoms with van der Waals surface area (Å²) in [5, 5.41) is 4.26. The van der Waals surface area contributed by atoms with Gasteiger partial charge in [-0.1, -0.05) is 42.5 Å². The van der Waals surface area contributed by atoms with Gasteiger partial charge in [-0.3, -0.25) is 0 Å². The van der Waals surface area contributed by atoms with Crippen LogP contribution in [0.15, 0.2) is 59.7 Å². The number of fused-ring (bicyclic) bond motifs is 1. The van der Waals surface area contributed by atoms with Gasteiger partial charge in [0.2, 0.25) is 5.95 Å². The van der Waals surface area contributed by atoms with E-state index in [1.165, 1.54) is 0 Å². The van der Waals surface area contributed by atoms with Gasteiger partial charge in [0.05, 0.1) is 17.2 Å². The highest BCUT2D eigenvalue weighted by Crippen LogP contribution is 2.19. The summed E-state index contributed by atoms with van der Waals surface area (Å²) in [5.74, 6) is 0.765. The Morgan fingerprint density at radius 1 is 1.10 bits per heavy atom. The van der Waals surface area contributed by atoms with E-state index in [0.717, 1.165) is 29.1 Å². The van der Waals surface area contributed by atoms with Crippen LogP contribution in [0.5, 0.6) is 0 Å². The largest absolute Gasteiger partial charge is 0.309 e. The molecular weight excluding hydrogens is 248 g/mol. The van der Waals surface area contributed by atoms with Crippen LogP contribution in [0.25, 0.3) is 11.0 Å². The second-order valence-corrected chi connectivity index (χ2v) is 4.45. The second kappa shape index (κ2) is 5.57. The number of imidazole rings is 1. The van der Waals surface area contributed by atoms with Gasteiger partial charge in [0.1, 0.15) is 0 Å². The van der Waals surface area contributed by atoms with Crippen LogP contribution in [-0.4, -0.2) is 15.8 Å². The number of benzene rings is 2. The lowest BCUT2D eigenvalue weighted by molar-refractivity contribution is 0.791. The highest BCUT2D eigenvalue weighted by atomic mass is 15.4. The van der Waals surface area contributed by atoms with E-state index < -0.39 is 0 Å². The van der Waals surface area contributed by atoms with E-state index in [4.69, 9.17) is 0 Å². The van der Waals surface area contributed by atoms with Crippen molar-refractivity contribution < 1.29 is 0 Å². The number of aromatic nitrogens is 2.